The summed E-state index contributed by atoms with van der Waals surface area (Å²) in [5, 5.41) is 2.84. The normalized spacial score (nSPS) is 11.5. The molecule has 1 amide bonds. The molecule has 2 rings (SSSR count). The molecule has 2 aromatic rings. The van der Waals surface area contributed by atoms with E-state index >= 15 is 0 Å². The average molecular weight is 437 g/mol. The molecule has 158 valence electrons. The highest BCUT2D eigenvalue weighted by Gasteiger charge is 2.26. The largest absolute Gasteiger partial charge is 0.495 e. The topological polar surface area (TPSA) is 75.7 Å². The van der Waals surface area contributed by atoms with Gasteiger partial charge in [0.2, 0.25) is 10.0 Å². The van der Waals surface area contributed by atoms with E-state index in [0.717, 1.165) is 10.6 Å². The lowest BCUT2D eigenvalue weighted by molar-refractivity contribution is 0.0956. The maximum atomic E-state index is 12.9. The standard InChI is InChI=1S/C21H28N2O4S2/c1-5-23(6-2)29(25,26)20-15-17(9-12-19(20)27-4)21(24)22-13-14-28-18-10-7-16(3)8-11-18/h7-12,15H,5-6,13-14H2,1-4H3,(H,22,24). The highest BCUT2D eigenvalue weighted by molar-refractivity contribution is 7.99. The second-order valence-electron chi connectivity index (χ2n) is 6.37. The van der Waals surface area contributed by atoms with Crippen molar-refractivity contribution in [2.75, 3.05) is 32.5 Å². The van der Waals surface area contributed by atoms with Crippen molar-refractivity contribution in [2.24, 2.45) is 0 Å². The van der Waals surface area contributed by atoms with Crippen molar-refractivity contribution in [1.82, 2.24) is 9.62 Å². The summed E-state index contributed by atoms with van der Waals surface area (Å²) in [4.78, 5) is 13.7. The number of thioether (sulfide) groups is 1. The van der Waals surface area contributed by atoms with Crippen molar-refractivity contribution in [2.45, 2.75) is 30.6 Å². The van der Waals surface area contributed by atoms with Crippen LogP contribution >= 0.6 is 11.8 Å². The molecule has 0 aliphatic rings. The van der Waals surface area contributed by atoms with Gasteiger partial charge in [-0.3, -0.25) is 4.79 Å². The lowest BCUT2D eigenvalue weighted by Gasteiger charge is -2.20. The number of benzene rings is 2. The van der Waals surface area contributed by atoms with Gasteiger partial charge in [-0.1, -0.05) is 31.5 Å². The molecule has 0 spiro atoms. The molecule has 0 heterocycles. The van der Waals surface area contributed by atoms with Gasteiger partial charge < -0.3 is 10.1 Å². The van der Waals surface area contributed by atoms with Crippen LogP contribution in [0.3, 0.4) is 0 Å². The van der Waals surface area contributed by atoms with Crippen LogP contribution in [0.25, 0.3) is 0 Å². The molecule has 0 unspecified atom stereocenters. The number of amides is 1. The molecule has 0 saturated carbocycles. The number of nitrogens with one attached hydrogen (secondary N) is 1. The number of nitrogens with zero attached hydrogens (tertiary/aromatic N) is 1. The van der Waals surface area contributed by atoms with Gasteiger partial charge in [-0.15, -0.1) is 11.8 Å². The lowest BCUT2D eigenvalue weighted by atomic mass is 10.2. The van der Waals surface area contributed by atoms with Crippen LogP contribution < -0.4 is 10.1 Å². The third-order valence-corrected chi connectivity index (χ3v) is 7.51. The number of hydrogen-bond acceptors (Lipinski definition) is 5. The number of carbonyl (C=O) groups excluding carboxylic acids is 1. The Hall–Kier alpha value is -2.03. The Morgan fingerprint density at radius 1 is 1.10 bits per heavy atom. The Labute approximate surface area is 177 Å². The van der Waals surface area contributed by atoms with E-state index in [2.05, 4.69) is 29.6 Å². The first-order chi connectivity index (χ1) is 13.8. The molecule has 0 aliphatic heterocycles. The fourth-order valence-corrected chi connectivity index (χ4v) is 5.20. The molecule has 0 radical (unpaired) electrons. The summed E-state index contributed by atoms with van der Waals surface area (Å²) in [6.45, 7) is 6.74. The van der Waals surface area contributed by atoms with Crippen LogP contribution in [0.2, 0.25) is 0 Å². The summed E-state index contributed by atoms with van der Waals surface area (Å²) in [6.07, 6.45) is 0. The van der Waals surface area contributed by atoms with Gasteiger partial charge in [0.25, 0.3) is 5.91 Å². The predicted molar refractivity (Wildman–Crippen MR) is 117 cm³/mol. The first-order valence-corrected chi connectivity index (χ1v) is 11.9. The molecule has 2 aromatic carbocycles. The molecule has 0 saturated heterocycles. The van der Waals surface area contributed by atoms with Gasteiger partial charge >= 0.3 is 0 Å². The minimum Gasteiger partial charge on any atom is -0.495 e. The van der Waals surface area contributed by atoms with E-state index in [4.69, 9.17) is 4.74 Å². The monoisotopic (exact) mass is 436 g/mol. The molecule has 0 aliphatic carbocycles. The van der Waals surface area contributed by atoms with Crippen molar-refractivity contribution < 1.29 is 17.9 Å². The van der Waals surface area contributed by atoms with Crippen molar-refractivity contribution in [3.63, 3.8) is 0 Å². The minimum atomic E-state index is -3.74. The van der Waals surface area contributed by atoms with E-state index in [0.29, 0.717) is 19.6 Å². The zero-order valence-electron chi connectivity index (χ0n) is 17.3. The van der Waals surface area contributed by atoms with E-state index in [9.17, 15) is 13.2 Å². The highest BCUT2D eigenvalue weighted by Crippen LogP contribution is 2.28. The molecular weight excluding hydrogens is 408 g/mol. The van der Waals surface area contributed by atoms with Gasteiger partial charge in [-0.25, -0.2) is 8.42 Å². The molecule has 0 aromatic heterocycles. The third-order valence-electron chi connectivity index (χ3n) is 4.43. The van der Waals surface area contributed by atoms with E-state index in [1.54, 1.807) is 31.7 Å². The van der Waals surface area contributed by atoms with E-state index in [1.807, 2.05) is 6.92 Å². The lowest BCUT2D eigenvalue weighted by Crippen LogP contribution is -2.31. The van der Waals surface area contributed by atoms with E-state index in [1.165, 1.54) is 29.1 Å². The summed E-state index contributed by atoms with van der Waals surface area (Å²) < 4.78 is 32.4. The van der Waals surface area contributed by atoms with E-state index in [-0.39, 0.29) is 22.1 Å². The van der Waals surface area contributed by atoms with Crippen LogP contribution in [0.4, 0.5) is 0 Å². The molecule has 8 heteroatoms. The Balaban J connectivity index is 2.07. The smallest absolute Gasteiger partial charge is 0.251 e. The average Bonchev–Trinajstić information content (AvgIpc) is 2.72. The molecule has 29 heavy (non-hydrogen) atoms. The number of sulfonamides is 1. The first kappa shape index (κ1) is 23.3. The molecule has 0 atom stereocenters. The van der Waals surface area contributed by atoms with Crippen molar-refractivity contribution in [1.29, 1.82) is 0 Å². The number of aryl methyl sites for hydroxylation is 1. The number of carbonyl (C=O) groups is 1. The minimum absolute atomic E-state index is 0.00498. The maximum Gasteiger partial charge on any atom is 0.251 e. The SMILES string of the molecule is CCN(CC)S(=O)(=O)c1cc(C(=O)NCCSc2ccc(C)cc2)ccc1OC. The van der Waals surface area contributed by atoms with Gasteiger partial charge in [0, 0.05) is 35.8 Å². The maximum absolute atomic E-state index is 12.9. The molecule has 0 bridgehead atoms. The number of methoxy groups -OCH3 is 1. The molecular formula is C21H28N2O4S2. The summed E-state index contributed by atoms with van der Waals surface area (Å²) in [5.41, 5.74) is 1.49. The van der Waals surface area contributed by atoms with Crippen LogP contribution in [0.1, 0.15) is 29.8 Å². The van der Waals surface area contributed by atoms with Crippen LogP contribution in [-0.4, -0.2) is 51.1 Å². The highest BCUT2D eigenvalue weighted by atomic mass is 32.2. The van der Waals surface area contributed by atoms with Gasteiger partial charge in [-0.05, 0) is 37.3 Å². The van der Waals surface area contributed by atoms with Gasteiger partial charge in [0.15, 0.2) is 0 Å². The molecule has 6 nitrogen and oxygen atoms in total. The summed E-state index contributed by atoms with van der Waals surface area (Å²) in [7, 11) is -2.33. The first-order valence-electron chi connectivity index (χ1n) is 9.49. The van der Waals surface area contributed by atoms with Crippen molar-refractivity contribution in [3.05, 3.63) is 53.6 Å². The van der Waals surface area contributed by atoms with Crippen molar-refractivity contribution in [3.8, 4) is 5.75 Å². The zero-order chi connectivity index (χ0) is 21.4. The van der Waals surface area contributed by atoms with Crippen molar-refractivity contribution >= 4 is 27.7 Å². The van der Waals surface area contributed by atoms with Crippen LogP contribution in [0.15, 0.2) is 52.3 Å². The number of hydrogen-bond donors (Lipinski definition) is 1. The Kier molecular flexibility index (Phi) is 8.55. The Morgan fingerprint density at radius 2 is 1.76 bits per heavy atom. The summed E-state index contributed by atoms with van der Waals surface area (Å²) in [5.74, 6) is 0.631. The Morgan fingerprint density at radius 3 is 2.34 bits per heavy atom. The predicted octanol–water partition coefficient (Wildman–Crippen LogP) is 3.56. The second kappa shape index (κ2) is 10.7. The van der Waals surface area contributed by atoms with Gasteiger partial charge in [-0.2, -0.15) is 4.31 Å². The Bertz CT molecular complexity index is 924. The zero-order valence-corrected chi connectivity index (χ0v) is 18.9. The number of rotatable bonds is 10. The van der Waals surface area contributed by atoms with Gasteiger partial charge in [0.1, 0.15) is 10.6 Å². The third kappa shape index (κ3) is 5.98. The molecule has 1 N–H and O–H groups in total. The second-order valence-corrected chi connectivity index (χ2v) is 9.45. The van der Waals surface area contributed by atoms with Gasteiger partial charge in [0.05, 0.1) is 7.11 Å². The van der Waals surface area contributed by atoms with E-state index < -0.39 is 10.0 Å². The van der Waals surface area contributed by atoms with Crippen LogP contribution in [0.5, 0.6) is 5.75 Å². The number of ether oxygens (including phenoxy) is 1. The summed E-state index contributed by atoms with van der Waals surface area (Å²) >= 11 is 1.65. The quantitative estimate of drug-likeness (QED) is 0.455. The fraction of sp³-hybridized carbons (Fsp3) is 0.381. The van der Waals surface area contributed by atoms with Crippen LogP contribution in [0, 0.1) is 6.92 Å². The van der Waals surface area contributed by atoms with Crippen LogP contribution in [-0.2, 0) is 10.0 Å². The molecule has 0 fully saturated rings. The fourth-order valence-electron chi connectivity index (χ4n) is 2.79. The summed E-state index contributed by atoms with van der Waals surface area (Å²) in [6, 6.07) is 12.7.